The number of rotatable bonds is 6. The normalized spacial score (nSPS) is 11.2. The molecule has 1 aromatic carbocycles. The highest BCUT2D eigenvalue weighted by atomic mass is 32.2. The molecule has 6 heteroatoms. The summed E-state index contributed by atoms with van der Waals surface area (Å²) < 4.78 is 25.2. The molecule has 0 saturated heterocycles. The Balaban J connectivity index is 2.93. The van der Waals surface area contributed by atoms with Crippen LogP contribution in [0.5, 0.6) is 0 Å². The number of carbonyl (C=O) groups excluding carboxylic acids is 1. The van der Waals surface area contributed by atoms with Gasteiger partial charge in [0.25, 0.3) is 0 Å². The predicted octanol–water partition coefficient (Wildman–Crippen LogP) is 1.60. The highest BCUT2D eigenvalue weighted by Gasteiger charge is 2.18. The third-order valence-electron chi connectivity index (χ3n) is 2.98. The van der Waals surface area contributed by atoms with E-state index in [-0.39, 0.29) is 12.5 Å². The zero-order valence-electron chi connectivity index (χ0n) is 12.4. The molecule has 0 aliphatic carbocycles. The summed E-state index contributed by atoms with van der Waals surface area (Å²) in [5.74, 6) is -0.0842. The smallest absolute Gasteiger partial charge is 0.232 e. The van der Waals surface area contributed by atoms with Crippen LogP contribution in [0.3, 0.4) is 0 Å². The second-order valence-corrected chi connectivity index (χ2v) is 6.74. The highest BCUT2D eigenvalue weighted by molar-refractivity contribution is 7.92. The summed E-state index contributed by atoms with van der Waals surface area (Å²) in [4.78, 5) is 11.2. The third kappa shape index (κ3) is 4.52. The Morgan fingerprint density at radius 3 is 2.45 bits per heavy atom. The van der Waals surface area contributed by atoms with Crippen molar-refractivity contribution < 1.29 is 13.2 Å². The molecule has 1 N–H and O–H groups in total. The molecule has 5 nitrogen and oxygen atoms in total. The number of amides is 1. The maximum atomic E-state index is 11.9. The fraction of sp³-hybridized carbons (Fsp3) is 0.500. The summed E-state index contributed by atoms with van der Waals surface area (Å²) in [6.07, 6.45) is 1.57. The van der Waals surface area contributed by atoms with Crippen molar-refractivity contribution in [2.75, 3.05) is 23.7 Å². The second kappa shape index (κ2) is 6.74. The summed E-state index contributed by atoms with van der Waals surface area (Å²) in [6.45, 7) is 6.13. The molecule has 20 heavy (non-hydrogen) atoms. The highest BCUT2D eigenvalue weighted by Crippen LogP contribution is 2.23. The van der Waals surface area contributed by atoms with Gasteiger partial charge in [-0.15, -0.1) is 0 Å². The van der Waals surface area contributed by atoms with E-state index < -0.39 is 10.0 Å². The number of carbonyl (C=O) groups is 1. The van der Waals surface area contributed by atoms with Gasteiger partial charge >= 0.3 is 0 Å². The zero-order chi connectivity index (χ0) is 15.3. The van der Waals surface area contributed by atoms with Gasteiger partial charge in [-0.1, -0.05) is 24.6 Å². The number of aryl methyl sites for hydroxylation is 2. The van der Waals surface area contributed by atoms with Crippen LogP contribution in [0.15, 0.2) is 18.2 Å². The number of nitrogens with zero attached hydrogens (tertiary/aromatic N) is 1. The van der Waals surface area contributed by atoms with Crippen LogP contribution in [-0.2, 0) is 14.8 Å². The van der Waals surface area contributed by atoms with Gasteiger partial charge in [0.1, 0.15) is 0 Å². The van der Waals surface area contributed by atoms with Gasteiger partial charge in [0.2, 0.25) is 15.9 Å². The van der Waals surface area contributed by atoms with E-state index in [1.165, 1.54) is 10.6 Å². The summed E-state index contributed by atoms with van der Waals surface area (Å²) in [6, 6.07) is 5.62. The summed E-state index contributed by atoms with van der Waals surface area (Å²) >= 11 is 0. The average molecular weight is 298 g/mol. The van der Waals surface area contributed by atoms with E-state index >= 15 is 0 Å². The van der Waals surface area contributed by atoms with Gasteiger partial charge in [-0.25, -0.2) is 8.42 Å². The molecule has 1 aromatic rings. The maximum absolute atomic E-state index is 11.9. The molecule has 112 valence electrons. The van der Waals surface area contributed by atoms with Crippen LogP contribution in [-0.4, -0.2) is 33.7 Å². The molecule has 0 heterocycles. The molecule has 0 saturated carbocycles. The molecular formula is C14H22N2O3S. The van der Waals surface area contributed by atoms with E-state index in [9.17, 15) is 13.2 Å². The van der Waals surface area contributed by atoms with Gasteiger partial charge < -0.3 is 5.32 Å². The zero-order valence-corrected chi connectivity index (χ0v) is 13.3. The Morgan fingerprint density at radius 1 is 1.30 bits per heavy atom. The minimum atomic E-state index is -3.38. The largest absolute Gasteiger partial charge is 0.354 e. The summed E-state index contributed by atoms with van der Waals surface area (Å²) in [7, 11) is -3.38. The first-order chi connectivity index (χ1) is 9.25. The molecule has 0 aliphatic rings. The Hall–Kier alpha value is -1.56. The first-order valence-corrected chi connectivity index (χ1v) is 8.42. The predicted molar refractivity (Wildman–Crippen MR) is 81.4 cm³/mol. The lowest BCUT2D eigenvalue weighted by molar-refractivity contribution is -0.120. The van der Waals surface area contributed by atoms with E-state index in [1.54, 1.807) is 13.0 Å². The van der Waals surface area contributed by atoms with E-state index in [0.717, 1.165) is 11.1 Å². The molecule has 0 fully saturated rings. The third-order valence-corrected chi connectivity index (χ3v) is 4.16. The Labute approximate surface area is 121 Å². The van der Waals surface area contributed by atoms with Gasteiger partial charge in [0.05, 0.1) is 18.5 Å². The SMILES string of the molecule is CCC(=O)NCCN(c1ccc(C)cc1C)S(C)(=O)=O. The summed E-state index contributed by atoms with van der Waals surface area (Å²) in [5, 5.41) is 2.69. The topological polar surface area (TPSA) is 66.5 Å². The second-order valence-electron chi connectivity index (χ2n) is 4.83. The number of anilines is 1. The monoisotopic (exact) mass is 298 g/mol. The first-order valence-electron chi connectivity index (χ1n) is 6.57. The molecule has 0 unspecified atom stereocenters. The van der Waals surface area contributed by atoms with Crippen LogP contribution in [0.4, 0.5) is 5.69 Å². The fourth-order valence-corrected chi connectivity index (χ4v) is 2.96. The lowest BCUT2D eigenvalue weighted by Gasteiger charge is -2.24. The lowest BCUT2D eigenvalue weighted by atomic mass is 10.1. The van der Waals surface area contributed by atoms with Crippen molar-refractivity contribution in [1.82, 2.24) is 5.32 Å². The van der Waals surface area contributed by atoms with Crippen LogP contribution in [0.2, 0.25) is 0 Å². The number of sulfonamides is 1. The van der Waals surface area contributed by atoms with Crippen molar-refractivity contribution in [3.8, 4) is 0 Å². The Bertz CT molecular complexity index is 582. The average Bonchev–Trinajstić information content (AvgIpc) is 2.34. The Morgan fingerprint density at radius 2 is 1.95 bits per heavy atom. The fourth-order valence-electron chi connectivity index (χ4n) is 1.97. The molecule has 0 aromatic heterocycles. The van der Waals surface area contributed by atoms with Gasteiger partial charge in [0, 0.05) is 13.0 Å². The van der Waals surface area contributed by atoms with Crippen molar-refractivity contribution in [2.24, 2.45) is 0 Å². The molecule has 0 radical (unpaired) electrons. The number of hydrogen-bond donors (Lipinski definition) is 1. The molecular weight excluding hydrogens is 276 g/mol. The van der Waals surface area contributed by atoms with Crippen LogP contribution in [0.25, 0.3) is 0 Å². The molecule has 0 aliphatic heterocycles. The maximum Gasteiger partial charge on any atom is 0.232 e. The number of benzene rings is 1. The van der Waals surface area contributed by atoms with E-state index in [1.807, 2.05) is 26.0 Å². The minimum Gasteiger partial charge on any atom is -0.354 e. The van der Waals surface area contributed by atoms with Gasteiger partial charge in [0.15, 0.2) is 0 Å². The van der Waals surface area contributed by atoms with Crippen molar-refractivity contribution in [3.05, 3.63) is 29.3 Å². The van der Waals surface area contributed by atoms with Crippen LogP contribution < -0.4 is 9.62 Å². The quantitative estimate of drug-likeness (QED) is 0.867. The van der Waals surface area contributed by atoms with Crippen LogP contribution >= 0.6 is 0 Å². The van der Waals surface area contributed by atoms with Gasteiger partial charge in [-0.2, -0.15) is 0 Å². The van der Waals surface area contributed by atoms with Gasteiger partial charge in [-0.3, -0.25) is 9.10 Å². The number of nitrogens with one attached hydrogen (secondary N) is 1. The number of hydrogen-bond acceptors (Lipinski definition) is 3. The van der Waals surface area contributed by atoms with Crippen molar-refractivity contribution in [1.29, 1.82) is 0 Å². The van der Waals surface area contributed by atoms with Crippen molar-refractivity contribution in [3.63, 3.8) is 0 Å². The summed E-state index contributed by atoms with van der Waals surface area (Å²) in [5.41, 5.74) is 2.64. The van der Waals surface area contributed by atoms with E-state index in [4.69, 9.17) is 0 Å². The van der Waals surface area contributed by atoms with E-state index in [2.05, 4.69) is 5.32 Å². The van der Waals surface area contributed by atoms with Crippen LogP contribution in [0.1, 0.15) is 24.5 Å². The molecule has 0 spiro atoms. The molecule has 0 bridgehead atoms. The standard InChI is InChI=1S/C14H22N2O3S/c1-5-14(17)15-8-9-16(20(4,18)19)13-7-6-11(2)10-12(13)3/h6-7,10H,5,8-9H2,1-4H3,(H,15,17). The molecule has 1 rings (SSSR count). The molecule has 1 amide bonds. The minimum absolute atomic E-state index is 0.0842. The van der Waals surface area contributed by atoms with Gasteiger partial charge in [-0.05, 0) is 25.5 Å². The van der Waals surface area contributed by atoms with Crippen LogP contribution in [0, 0.1) is 13.8 Å². The lowest BCUT2D eigenvalue weighted by Crippen LogP contribution is -2.38. The first kappa shape index (κ1) is 16.5. The molecule has 0 atom stereocenters. The van der Waals surface area contributed by atoms with E-state index in [0.29, 0.717) is 18.7 Å². The van der Waals surface area contributed by atoms with Crippen molar-refractivity contribution >= 4 is 21.6 Å². The van der Waals surface area contributed by atoms with Crippen molar-refractivity contribution in [2.45, 2.75) is 27.2 Å². The Kier molecular flexibility index (Phi) is 5.56.